The van der Waals surface area contributed by atoms with Crippen molar-refractivity contribution in [2.45, 2.75) is 53.0 Å². The van der Waals surface area contributed by atoms with Gasteiger partial charge in [-0.3, -0.25) is 9.67 Å². The average molecular weight is 319 g/mol. The van der Waals surface area contributed by atoms with Gasteiger partial charge in [-0.2, -0.15) is 5.10 Å². The molecule has 1 saturated heterocycles. The maximum Gasteiger partial charge on any atom is 0.193 e. The van der Waals surface area contributed by atoms with Crippen LogP contribution in [-0.2, 0) is 6.54 Å². The summed E-state index contributed by atoms with van der Waals surface area (Å²) in [6, 6.07) is 1.97. The molecule has 1 aromatic heterocycles. The summed E-state index contributed by atoms with van der Waals surface area (Å²) < 4.78 is 1.99. The molecule has 1 aliphatic heterocycles. The lowest BCUT2D eigenvalue weighted by Crippen LogP contribution is -2.50. The molecule has 0 spiro atoms. The van der Waals surface area contributed by atoms with Crippen LogP contribution < -0.4 is 5.32 Å². The molecule has 2 unspecified atom stereocenters. The van der Waals surface area contributed by atoms with E-state index in [4.69, 9.17) is 0 Å². The minimum atomic E-state index is 0.436. The lowest BCUT2D eigenvalue weighted by Gasteiger charge is -2.42. The Kier molecular flexibility index (Phi) is 6.48. The van der Waals surface area contributed by atoms with Crippen molar-refractivity contribution in [1.82, 2.24) is 20.0 Å². The van der Waals surface area contributed by atoms with Gasteiger partial charge >= 0.3 is 0 Å². The second-order valence-electron chi connectivity index (χ2n) is 7.35. The van der Waals surface area contributed by atoms with Crippen molar-refractivity contribution in [3.8, 4) is 0 Å². The molecule has 130 valence electrons. The van der Waals surface area contributed by atoms with Crippen molar-refractivity contribution < 1.29 is 0 Å². The summed E-state index contributed by atoms with van der Waals surface area (Å²) in [4.78, 5) is 6.96. The molecule has 1 N–H and O–H groups in total. The predicted octanol–water partition coefficient (Wildman–Crippen LogP) is 3.00. The minimum absolute atomic E-state index is 0.436. The molecule has 1 aromatic rings. The summed E-state index contributed by atoms with van der Waals surface area (Å²) in [6.45, 7) is 11.1. The van der Waals surface area contributed by atoms with E-state index >= 15 is 0 Å². The Morgan fingerprint density at radius 3 is 2.96 bits per heavy atom. The third kappa shape index (κ3) is 5.26. The number of nitrogens with zero attached hydrogens (tertiary/aromatic N) is 4. The van der Waals surface area contributed by atoms with E-state index in [-0.39, 0.29) is 0 Å². The molecule has 0 bridgehead atoms. The monoisotopic (exact) mass is 319 g/mol. The highest BCUT2D eigenvalue weighted by Gasteiger charge is 2.31. The second-order valence-corrected chi connectivity index (χ2v) is 7.35. The Morgan fingerprint density at radius 2 is 2.30 bits per heavy atom. The van der Waals surface area contributed by atoms with E-state index in [0.29, 0.717) is 11.3 Å². The van der Waals surface area contributed by atoms with E-state index in [1.54, 1.807) is 0 Å². The van der Waals surface area contributed by atoms with E-state index in [0.717, 1.165) is 32.1 Å². The number of rotatable bonds is 6. The topological polar surface area (TPSA) is 45.5 Å². The van der Waals surface area contributed by atoms with Crippen LogP contribution in [0.5, 0.6) is 0 Å². The number of likely N-dealkylation sites (tertiary alicyclic amines) is 1. The van der Waals surface area contributed by atoms with Gasteiger partial charge in [0.1, 0.15) is 0 Å². The molecular weight excluding hydrogens is 286 g/mol. The van der Waals surface area contributed by atoms with Gasteiger partial charge in [0.2, 0.25) is 0 Å². The molecule has 0 radical (unpaired) electrons. The number of aromatic nitrogens is 2. The highest BCUT2D eigenvalue weighted by atomic mass is 15.3. The normalized spacial score (nSPS) is 23.8. The average Bonchev–Trinajstić information content (AvgIpc) is 3.01. The lowest BCUT2D eigenvalue weighted by molar-refractivity contribution is 0.142. The Morgan fingerprint density at radius 1 is 1.48 bits per heavy atom. The van der Waals surface area contributed by atoms with Gasteiger partial charge in [0.15, 0.2) is 5.96 Å². The van der Waals surface area contributed by atoms with Crippen LogP contribution in [0.15, 0.2) is 23.5 Å². The molecule has 2 heterocycles. The minimum Gasteiger partial charge on any atom is -0.356 e. The first-order chi connectivity index (χ1) is 11.1. The molecule has 2 atom stereocenters. The molecule has 5 heteroatoms. The van der Waals surface area contributed by atoms with E-state index in [9.17, 15) is 0 Å². The SMILES string of the molecule is CCCC1(C)CCCN(C(=NC)NCC(C)Cn2cccn2)C1. The molecule has 5 nitrogen and oxygen atoms in total. The molecule has 0 aliphatic carbocycles. The zero-order valence-electron chi connectivity index (χ0n) is 15.3. The number of hydrogen-bond donors (Lipinski definition) is 1. The number of nitrogens with one attached hydrogen (secondary N) is 1. The third-order valence-corrected chi connectivity index (χ3v) is 4.81. The van der Waals surface area contributed by atoms with Gasteiger partial charge in [-0.05, 0) is 36.7 Å². The van der Waals surface area contributed by atoms with Crippen LogP contribution in [0.1, 0.15) is 46.5 Å². The van der Waals surface area contributed by atoms with Gasteiger partial charge in [0, 0.05) is 45.6 Å². The zero-order chi connectivity index (χ0) is 16.7. The first-order valence-electron chi connectivity index (χ1n) is 8.99. The van der Waals surface area contributed by atoms with Crippen molar-refractivity contribution in [2.24, 2.45) is 16.3 Å². The fourth-order valence-corrected chi connectivity index (χ4v) is 3.69. The molecule has 2 rings (SSSR count). The van der Waals surface area contributed by atoms with E-state index < -0.39 is 0 Å². The van der Waals surface area contributed by atoms with Crippen LogP contribution in [0.25, 0.3) is 0 Å². The van der Waals surface area contributed by atoms with Crippen molar-refractivity contribution in [1.29, 1.82) is 0 Å². The van der Waals surface area contributed by atoms with Gasteiger partial charge in [-0.25, -0.2) is 0 Å². The summed E-state index contributed by atoms with van der Waals surface area (Å²) in [7, 11) is 1.90. The number of guanidine groups is 1. The van der Waals surface area contributed by atoms with E-state index in [1.165, 1.54) is 25.7 Å². The molecule has 0 saturated carbocycles. The second kappa shape index (κ2) is 8.37. The van der Waals surface area contributed by atoms with E-state index in [1.807, 2.05) is 30.2 Å². The van der Waals surface area contributed by atoms with Crippen molar-refractivity contribution in [2.75, 3.05) is 26.7 Å². The fourth-order valence-electron chi connectivity index (χ4n) is 3.69. The Bertz CT molecular complexity index is 478. The highest BCUT2D eigenvalue weighted by molar-refractivity contribution is 5.80. The molecule has 0 amide bonds. The van der Waals surface area contributed by atoms with Crippen molar-refractivity contribution in [3.05, 3.63) is 18.5 Å². The number of aliphatic imine (C=N–C) groups is 1. The van der Waals surface area contributed by atoms with Gasteiger partial charge in [0.05, 0.1) is 0 Å². The van der Waals surface area contributed by atoms with Gasteiger partial charge in [0.25, 0.3) is 0 Å². The smallest absolute Gasteiger partial charge is 0.193 e. The molecule has 1 fully saturated rings. The maximum absolute atomic E-state index is 4.52. The summed E-state index contributed by atoms with van der Waals surface area (Å²) in [5.74, 6) is 1.57. The van der Waals surface area contributed by atoms with Crippen LogP contribution in [0.4, 0.5) is 0 Å². The quantitative estimate of drug-likeness (QED) is 0.647. The summed E-state index contributed by atoms with van der Waals surface area (Å²) in [5, 5.41) is 7.85. The van der Waals surface area contributed by atoms with Crippen LogP contribution in [-0.4, -0.2) is 47.3 Å². The highest BCUT2D eigenvalue weighted by Crippen LogP contribution is 2.33. The van der Waals surface area contributed by atoms with Gasteiger partial charge in [-0.15, -0.1) is 0 Å². The van der Waals surface area contributed by atoms with Crippen LogP contribution >= 0.6 is 0 Å². The standard InChI is InChI=1S/C18H33N5/c1-5-8-18(3)9-6-11-22(15-18)17(19-4)20-13-16(2)14-23-12-7-10-21-23/h7,10,12,16H,5-6,8-9,11,13-15H2,1-4H3,(H,19,20). The van der Waals surface area contributed by atoms with Crippen LogP contribution in [0.2, 0.25) is 0 Å². The largest absolute Gasteiger partial charge is 0.356 e. The van der Waals surface area contributed by atoms with E-state index in [2.05, 4.69) is 41.1 Å². The summed E-state index contributed by atoms with van der Waals surface area (Å²) >= 11 is 0. The summed E-state index contributed by atoms with van der Waals surface area (Å²) in [6.07, 6.45) is 9.02. The van der Waals surface area contributed by atoms with Crippen LogP contribution in [0, 0.1) is 11.3 Å². The Labute approximate surface area is 141 Å². The Hall–Kier alpha value is -1.52. The van der Waals surface area contributed by atoms with Crippen molar-refractivity contribution in [3.63, 3.8) is 0 Å². The summed E-state index contributed by atoms with van der Waals surface area (Å²) in [5.41, 5.74) is 0.436. The van der Waals surface area contributed by atoms with Crippen LogP contribution in [0.3, 0.4) is 0 Å². The first kappa shape index (κ1) is 17.8. The number of piperidine rings is 1. The molecule has 1 aliphatic rings. The predicted molar refractivity (Wildman–Crippen MR) is 96.6 cm³/mol. The fraction of sp³-hybridized carbons (Fsp3) is 0.778. The molecular formula is C18H33N5. The zero-order valence-corrected chi connectivity index (χ0v) is 15.3. The number of hydrogen-bond acceptors (Lipinski definition) is 2. The first-order valence-corrected chi connectivity index (χ1v) is 8.99. The molecule has 0 aromatic carbocycles. The Balaban J connectivity index is 1.84. The molecule has 23 heavy (non-hydrogen) atoms. The van der Waals surface area contributed by atoms with Gasteiger partial charge < -0.3 is 10.2 Å². The lowest BCUT2D eigenvalue weighted by atomic mass is 9.78. The third-order valence-electron chi connectivity index (χ3n) is 4.81. The van der Waals surface area contributed by atoms with Gasteiger partial charge in [-0.1, -0.05) is 27.2 Å². The maximum atomic E-state index is 4.52. The van der Waals surface area contributed by atoms with Crippen molar-refractivity contribution >= 4 is 5.96 Å².